The van der Waals surface area contributed by atoms with E-state index < -0.39 is 0 Å². The molecule has 2 aromatic heterocycles. The SMILES string of the molecule is COc1cccc(CNC(=O)c2c(C)nc3ccc(C)cn23)c1. The molecule has 0 fully saturated rings. The van der Waals surface area contributed by atoms with Gasteiger partial charge in [-0.1, -0.05) is 18.2 Å². The van der Waals surface area contributed by atoms with Gasteiger partial charge in [-0.05, 0) is 43.2 Å². The molecule has 2 heterocycles. The lowest BCUT2D eigenvalue weighted by atomic mass is 10.2. The van der Waals surface area contributed by atoms with E-state index in [1.807, 2.05) is 60.8 Å². The van der Waals surface area contributed by atoms with Crippen LogP contribution < -0.4 is 10.1 Å². The van der Waals surface area contributed by atoms with E-state index >= 15 is 0 Å². The van der Waals surface area contributed by atoms with Crippen molar-refractivity contribution in [1.29, 1.82) is 0 Å². The van der Waals surface area contributed by atoms with Crippen LogP contribution in [0.15, 0.2) is 42.6 Å². The number of hydrogen-bond donors (Lipinski definition) is 1. The fourth-order valence-electron chi connectivity index (χ4n) is 2.59. The topological polar surface area (TPSA) is 55.6 Å². The van der Waals surface area contributed by atoms with Crippen LogP contribution in [0.1, 0.15) is 27.3 Å². The Morgan fingerprint density at radius 3 is 2.87 bits per heavy atom. The molecule has 3 aromatic rings. The quantitative estimate of drug-likeness (QED) is 0.806. The molecular weight excluding hydrogens is 290 g/mol. The maximum absolute atomic E-state index is 12.6. The number of pyridine rings is 1. The van der Waals surface area contributed by atoms with Crippen molar-refractivity contribution in [2.75, 3.05) is 7.11 Å². The Bertz CT molecular complexity index is 868. The van der Waals surface area contributed by atoms with Crippen LogP contribution in [-0.4, -0.2) is 22.4 Å². The molecule has 5 heteroatoms. The second-order valence-electron chi connectivity index (χ2n) is 5.51. The summed E-state index contributed by atoms with van der Waals surface area (Å²) in [6.07, 6.45) is 1.93. The molecule has 1 aromatic carbocycles. The minimum absolute atomic E-state index is 0.136. The molecule has 0 saturated heterocycles. The Labute approximate surface area is 134 Å². The van der Waals surface area contributed by atoms with Gasteiger partial charge >= 0.3 is 0 Å². The summed E-state index contributed by atoms with van der Waals surface area (Å²) in [7, 11) is 1.63. The predicted molar refractivity (Wildman–Crippen MR) is 88.8 cm³/mol. The van der Waals surface area contributed by atoms with Crippen LogP contribution in [0.2, 0.25) is 0 Å². The number of aryl methyl sites for hydroxylation is 2. The molecule has 0 saturated carbocycles. The van der Waals surface area contributed by atoms with Crippen LogP contribution in [-0.2, 0) is 6.54 Å². The van der Waals surface area contributed by atoms with Gasteiger partial charge in [0.15, 0.2) is 0 Å². The molecule has 0 bridgehead atoms. The first-order chi connectivity index (χ1) is 11.1. The zero-order valence-electron chi connectivity index (χ0n) is 13.5. The lowest BCUT2D eigenvalue weighted by molar-refractivity contribution is 0.0944. The first-order valence-electron chi connectivity index (χ1n) is 7.45. The molecule has 23 heavy (non-hydrogen) atoms. The number of nitrogens with one attached hydrogen (secondary N) is 1. The van der Waals surface area contributed by atoms with E-state index in [4.69, 9.17) is 4.74 Å². The average Bonchev–Trinajstić information content (AvgIpc) is 2.88. The summed E-state index contributed by atoms with van der Waals surface area (Å²) < 4.78 is 7.04. The van der Waals surface area contributed by atoms with Crippen molar-refractivity contribution in [1.82, 2.24) is 14.7 Å². The van der Waals surface area contributed by atoms with Gasteiger partial charge in [-0.2, -0.15) is 0 Å². The number of methoxy groups -OCH3 is 1. The maximum atomic E-state index is 12.6. The second-order valence-corrected chi connectivity index (χ2v) is 5.51. The number of fused-ring (bicyclic) bond motifs is 1. The maximum Gasteiger partial charge on any atom is 0.270 e. The van der Waals surface area contributed by atoms with E-state index in [9.17, 15) is 4.79 Å². The highest BCUT2D eigenvalue weighted by Gasteiger charge is 2.16. The molecule has 0 aliphatic carbocycles. The zero-order chi connectivity index (χ0) is 16.4. The molecule has 0 aliphatic rings. The number of carbonyl (C=O) groups is 1. The van der Waals surface area contributed by atoms with Crippen LogP contribution in [0.5, 0.6) is 5.75 Å². The highest BCUT2D eigenvalue weighted by atomic mass is 16.5. The summed E-state index contributed by atoms with van der Waals surface area (Å²) in [4.78, 5) is 17.0. The van der Waals surface area contributed by atoms with Gasteiger partial charge in [0.1, 0.15) is 17.1 Å². The molecule has 1 N–H and O–H groups in total. The molecule has 5 nitrogen and oxygen atoms in total. The van der Waals surface area contributed by atoms with Crippen LogP contribution >= 0.6 is 0 Å². The molecular formula is C18H19N3O2. The highest BCUT2D eigenvalue weighted by molar-refractivity contribution is 5.94. The van der Waals surface area contributed by atoms with E-state index in [0.717, 1.165) is 28.2 Å². The second kappa shape index (κ2) is 6.12. The number of imidazole rings is 1. The van der Waals surface area contributed by atoms with Gasteiger partial charge in [-0.3, -0.25) is 9.20 Å². The smallest absolute Gasteiger partial charge is 0.270 e. The fraction of sp³-hybridized carbons (Fsp3) is 0.222. The van der Waals surface area contributed by atoms with Crippen molar-refractivity contribution in [2.24, 2.45) is 0 Å². The van der Waals surface area contributed by atoms with Gasteiger partial charge in [0.25, 0.3) is 5.91 Å². The van der Waals surface area contributed by atoms with Gasteiger partial charge in [0.2, 0.25) is 0 Å². The summed E-state index contributed by atoms with van der Waals surface area (Å²) in [5.74, 6) is 0.641. The molecule has 0 radical (unpaired) electrons. The Morgan fingerprint density at radius 2 is 2.09 bits per heavy atom. The van der Waals surface area contributed by atoms with Gasteiger partial charge in [0, 0.05) is 12.7 Å². The monoisotopic (exact) mass is 309 g/mol. The lowest BCUT2D eigenvalue weighted by Crippen LogP contribution is -2.25. The van der Waals surface area contributed by atoms with Crippen molar-refractivity contribution in [3.05, 3.63) is 65.1 Å². The summed E-state index contributed by atoms with van der Waals surface area (Å²) in [5, 5.41) is 2.95. The first kappa shape index (κ1) is 15.1. The molecule has 1 amide bonds. The molecule has 0 aliphatic heterocycles. The number of carbonyl (C=O) groups excluding carboxylic acids is 1. The average molecular weight is 309 g/mol. The van der Waals surface area contributed by atoms with Crippen molar-refractivity contribution in [2.45, 2.75) is 20.4 Å². The number of rotatable bonds is 4. The summed E-state index contributed by atoms with van der Waals surface area (Å²) in [6.45, 7) is 4.28. The summed E-state index contributed by atoms with van der Waals surface area (Å²) in [5.41, 5.74) is 4.14. The van der Waals surface area contributed by atoms with Gasteiger partial charge in [-0.25, -0.2) is 4.98 Å². The minimum atomic E-state index is -0.136. The van der Waals surface area contributed by atoms with Gasteiger partial charge in [0.05, 0.1) is 12.8 Å². The standard InChI is InChI=1S/C18H19N3O2/c1-12-7-8-16-20-13(2)17(21(16)11-12)18(22)19-10-14-5-4-6-15(9-14)23-3/h4-9,11H,10H2,1-3H3,(H,19,22). The third-order valence-electron chi connectivity index (χ3n) is 3.74. The lowest BCUT2D eigenvalue weighted by Gasteiger charge is -2.08. The van der Waals surface area contributed by atoms with Gasteiger partial charge in [-0.15, -0.1) is 0 Å². The normalized spacial score (nSPS) is 10.7. The first-order valence-corrected chi connectivity index (χ1v) is 7.45. The van der Waals surface area contributed by atoms with Crippen molar-refractivity contribution < 1.29 is 9.53 Å². The number of ether oxygens (including phenoxy) is 1. The van der Waals surface area contributed by atoms with Crippen molar-refractivity contribution >= 4 is 11.6 Å². The Kier molecular flexibility index (Phi) is 4.02. The Morgan fingerprint density at radius 1 is 1.26 bits per heavy atom. The van der Waals surface area contributed by atoms with Crippen LogP contribution in [0.25, 0.3) is 5.65 Å². The summed E-state index contributed by atoms with van der Waals surface area (Å²) >= 11 is 0. The highest BCUT2D eigenvalue weighted by Crippen LogP contribution is 2.15. The molecule has 3 rings (SSSR count). The number of nitrogens with zero attached hydrogens (tertiary/aromatic N) is 2. The number of amides is 1. The summed E-state index contributed by atoms with van der Waals surface area (Å²) in [6, 6.07) is 11.5. The van der Waals surface area contributed by atoms with Crippen LogP contribution in [0.4, 0.5) is 0 Å². The number of aromatic nitrogens is 2. The van der Waals surface area contributed by atoms with Crippen molar-refractivity contribution in [3.8, 4) is 5.75 Å². The van der Waals surface area contributed by atoms with E-state index in [-0.39, 0.29) is 5.91 Å². The molecule has 0 spiro atoms. The van der Waals surface area contributed by atoms with Crippen molar-refractivity contribution in [3.63, 3.8) is 0 Å². The number of hydrogen-bond acceptors (Lipinski definition) is 3. The van der Waals surface area contributed by atoms with Crippen LogP contribution in [0.3, 0.4) is 0 Å². The molecule has 118 valence electrons. The Balaban J connectivity index is 1.83. The largest absolute Gasteiger partial charge is 0.497 e. The molecule has 0 atom stereocenters. The van der Waals surface area contributed by atoms with E-state index in [0.29, 0.717) is 12.2 Å². The fourth-order valence-corrected chi connectivity index (χ4v) is 2.59. The van der Waals surface area contributed by atoms with E-state index in [1.165, 1.54) is 0 Å². The predicted octanol–water partition coefficient (Wildman–Crippen LogP) is 2.89. The van der Waals surface area contributed by atoms with Gasteiger partial charge < -0.3 is 10.1 Å². The van der Waals surface area contributed by atoms with E-state index in [2.05, 4.69) is 10.3 Å². The van der Waals surface area contributed by atoms with E-state index in [1.54, 1.807) is 7.11 Å². The Hall–Kier alpha value is -2.82. The zero-order valence-corrected chi connectivity index (χ0v) is 13.5. The third-order valence-corrected chi connectivity index (χ3v) is 3.74. The van der Waals surface area contributed by atoms with Crippen LogP contribution in [0, 0.1) is 13.8 Å². The third kappa shape index (κ3) is 3.04. The number of benzene rings is 1. The minimum Gasteiger partial charge on any atom is -0.497 e. The molecule has 0 unspecified atom stereocenters.